The van der Waals surface area contributed by atoms with Crippen LogP contribution in [-0.4, -0.2) is 35.2 Å². The molecule has 1 saturated heterocycles. The van der Waals surface area contributed by atoms with Crippen LogP contribution in [0, 0.1) is 18.8 Å². The van der Waals surface area contributed by atoms with E-state index in [1.807, 2.05) is 30.3 Å². The number of carboxylic acids is 1. The van der Waals surface area contributed by atoms with Crippen molar-refractivity contribution < 1.29 is 19.4 Å². The van der Waals surface area contributed by atoms with E-state index >= 15 is 0 Å². The Morgan fingerprint density at radius 2 is 1.76 bits per heavy atom. The molecule has 5 nitrogen and oxygen atoms in total. The van der Waals surface area contributed by atoms with Gasteiger partial charge >= 0.3 is 12.1 Å². The summed E-state index contributed by atoms with van der Waals surface area (Å²) in [6.45, 7) is 1.15. The highest BCUT2D eigenvalue weighted by Gasteiger charge is 2.27. The van der Waals surface area contributed by atoms with Crippen LogP contribution in [0.4, 0.5) is 4.79 Å². The lowest BCUT2D eigenvalue weighted by Crippen LogP contribution is -2.40. The third-order valence-corrected chi connectivity index (χ3v) is 3.31. The fourth-order valence-corrected chi connectivity index (χ4v) is 2.12. The Hall–Kier alpha value is -2.48. The number of amides is 1. The summed E-state index contributed by atoms with van der Waals surface area (Å²) in [4.78, 5) is 24.2. The SMILES string of the molecule is C#C.O=C(O)C1CCN(C(=O)OCc2ccccc2)CC1. The van der Waals surface area contributed by atoms with Gasteiger partial charge in [-0.05, 0) is 18.4 Å². The van der Waals surface area contributed by atoms with E-state index in [1.54, 1.807) is 4.90 Å². The fourth-order valence-electron chi connectivity index (χ4n) is 2.12. The van der Waals surface area contributed by atoms with Gasteiger partial charge in [-0.15, -0.1) is 12.8 Å². The third-order valence-electron chi connectivity index (χ3n) is 3.31. The van der Waals surface area contributed by atoms with Crippen molar-refractivity contribution in [3.8, 4) is 12.8 Å². The molecule has 0 saturated carbocycles. The second kappa shape index (κ2) is 8.64. The maximum Gasteiger partial charge on any atom is 0.410 e. The van der Waals surface area contributed by atoms with Crippen molar-refractivity contribution in [2.75, 3.05) is 13.1 Å². The maximum absolute atomic E-state index is 11.8. The predicted molar refractivity (Wildman–Crippen MR) is 78.4 cm³/mol. The van der Waals surface area contributed by atoms with Gasteiger partial charge in [0.25, 0.3) is 0 Å². The molecule has 1 heterocycles. The van der Waals surface area contributed by atoms with Crippen molar-refractivity contribution in [1.82, 2.24) is 4.90 Å². The van der Waals surface area contributed by atoms with Crippen molar-refractivity contribution in [1.29, 1.82) is 0 Å². The molecule has 1 aliphatic heterocycles. The average molecular weight is 289 g/mol. The second-order valence-electron chi connectivity index (χ2n) is 4.64. The van der Waals surface area contributed by atoms with E-state index in [-0.39, 0.29) is 18.6 Å². The molecule has 1 aromatic carbocycles. The van der Waals surface area contributed by atoms with Gasteiger partial charge in [0.15, 0.2) is 0 Å². The summed E-state index contributed by atoms with van der Waals surface area (Å²) in [5.74, 6) is -1.12. The van der Waals surface area contributed by atoms with Crippen molar-refractivity contribution in [2.45, 2.75) is 19.4 Å². The first kappa shape index (κ1) is 16.6. The van der Waals surface area contributed by atoms with Crippen molar-refractivity contribution in [2.24, 2.45) is 5.92 Å². The number of carbonyl (C=O) groups excluding carboxylic acids is 1. The summed E-state index contributed by atoms with van der Waals surface area (Å²) in [7, 11) is 0. The van der Waals surface area contributed by atoms with Gasteiger partial charge in [-0.1, -0.05) is 30.3 Å². The molecule has 0 spiro atoms. The number of rotatable bonds is 3. The molecule has 5 heteroatoms. The van der Waals surface area contributed by atoms with Crippen molar-refractivity contribution in [3.05, 3.63) is 35.9 Å². The summed E-state index contributed by atoms with van der Waals surface area (Å²) < 4.78 is 5.20. The molecule has 1 fully saturated rings. The summed E-state index contributed by atoms with van der Waals surface area (Å²) in [6, 6.07) is 9.47. The number of hydrogen-bond donors (Lipinski definition) is 1. The van der Waals surface area contributed by atoms with Crippen LogP contribution in [0.3, 0.4) is 0 Å². The highest BCUT2D eigenvalue weighted by molar-refractivity contribution is 5.71. The highest BCUT2D eigenvalue weighted by Crippen LogP contribution is 2.18. The first-order chi connectivity index (χ1) is 10.2. The van der Waals surface area contributed by atoms with Gasteiger partial charge < -0.3 is 14.7 Å². The van der Waals surface area contributed by atoms with E-state index in [4.69, 9.17) is 9.84 Å². The first-order valence-corrected chi connectivity index (χ1v) is 6.68. The van der Waals surface area contributed by atoms with E-state index in [1.165, 1.54) is 0 Å². The van der Waals surface area contributed by atoms with Gasteiger partial charge in [0, 0.05) is 13.1 Å². The number of ether oxygens (including phenoxy) is 1. The number of aliphatic carboxylic acids is 1. The lowest BCUT2D eigenvalue weighted by Gasteiger charge is -2.29. The largest absolute Gasteiger partial charge is 0.481 e. The van der Waals surface area contributed by atoms with E-state index in [2.05, 4.69) is 12.8 Å². The number of carboxylic acid groups (broad SMARTS) is 1. The molecular formula is C16H19NO4. The maximum atomic E-state index is 11.8. The van der Waals surface area contributed by atoms with Crippen LogP contribution < -0.4 is 0 Å². The molecular weight excluding hydrogens is 270 g/mol. The molecule has 0 radical (unpaired) electrons. The van der Waals surface area contributed by atoms with Gasteiger partial charge in [0.05, 0.1) is 5.92 Å². The molecule has 1 aromatic rings. The van der Waals surface area contributed by atoms with Crippen LogP contribution in [-0.2, 0) is 16.1 Å². The molecule has 21 heavy (non-hydrogen) atoms. The van der Waals surface area contributed by atoms with Crippen molar-refractivity contribution in [3.63, 3.8) is 0 Å². The topological polar surface area (TPSA) is 66.8 Å². The van der Waals surface area contributed by atoms with Crippen LogP contribution in [0.1, 0.15) is 18.4 Å². The zero-order valence-electron chi connectivity index (χ0n) is 11.8. The van der Waals surface area contributed by atoms with E-state index < -0.39 is 5.97 Å². The minimum absolute atomic E-state index is 0.249. The number of terminal acetylenes is 1. The quantitative estimate of drug-likeness (QED) is 0.867. The monoisotopic (exact) mass is 289 g/mol. The number of carbonyl (C=O) groups is 2. The van der Waals surface area contributed by atoms with E-state index in [0.29, 0.717) is 25.9 Å². The molecule has 0 aromatic heterocycles. The highest BCUT2D eigenvalue weighted by atomic mass is 16.6. The van der Waals surface area contributed by atoms with Crippen LogP contribution in [0.2, 0.25) is 0 Å². The normalized spacial score (nSPS) is 14.7. The summed E-state index contributed by atoms with van der Waals surface area (Å²) in [6.07, 6.45) is 8.62. The van der Waals surface area contributed by atoms with E-state index in [0.717, 1.165) is 5.56 Å². The zero-order valence-corrected chi connectivity index (χ0v) is 11.8. The predicted octanol–water partition coefficient (Wildman–Crippen LogP) is 2.37. The Bertz CT molecular complexity index is 476. The Labute approximate surface area is 124 Å². The van der Waals surface area contributed by atoms with Gasteiger partial charge in [-0.25, -0.2) is 4.79 Å². The number of piperidine rings is 1. The standard InChI is InChI=1S/C14H17NO4.C2H2/c16-13(17)12-6-8-15(9-7-12)14(18)19-10-11-4-2-1-3-5-11;1-2/h1-5,12H,6-10H2,(H,16,17);1-2H. The summed E-state index contributed by atoms with van der Waals surface area (Å²) in [5, 5.41) is 8.88. The number of hydrogen-bond acceptors (Lipinski definition) is 3. The fraction of sp³-hybridized carbons (Fsp3) is 0.375. The minimum atomic E-state index is -0.780. The average Bonchev–Trinajstić information content (AvgIpc) is 2.55. The van der Waals surface area contributed by atoms with Crippen LogP contribution in [0.5, 0.6) is 0 Å². The molecule has 1 aliphatic rings. The Morgan fingerprint density at radius 1 is 1.19 bits per heavy atom. The lowest BCUT2D eigenvalue weighted by molar-refractivity contribution is -0.143. The minimum Gasteiger partial charge on any atom is -0.481 e. The molecule has 1 N–H and O–H groups in total. The first-order valence-electron chi connectivity index (χ1n) is 6.68. The van der Waals surface area contributed by atoms with Crippen LogP contribution in [0.15, 0.2) is 30.3 Å². The van der Waals surface area contributed by atoms with E-state index in [9.17, 15) is 9.59 Å². The van der Waals surface area contributed by atoms with Crippen LogP contribution >= 0.6 is 0 Å². The molecule has 0 unspecified atom stereocenters. The van der Waals surface area contributed by atoms with Crippen molar-refractivity contribution >= 4 is 12.1 Å². The van der Waals surface area contributed by atoms with Gasteiger partial charge in [-0.3, -0.25) is 4.79 Å². The Morgan fingerprint density at radius 3 is 2.29 bits per heavy atom. The molecule has 0 bridgehead atoms. The smallest absolute Gasteiger partial charge is 0.410 e. The molecule has 0 atom stereocenters. The molecule has 0 aliphatic carbocycles. The zero-order chi connectivity index (χ0) is 15.7. The lowest BCUT2D eigenvalue weighted by atomic mass is 9.97. The summed E-state index contributed by atoms with van der Waals surface area (Å²) >= 11 is 0. The second-order valence-corrected chi connectivity index (χ2v) is 4.64. The molecule has 2 rings (SSSR count). The Kier molecular flexibility index (Phi) is 6.82. The van der Waals surface area contributed by atoms with Gasteiger partial charge in [0.2, 0.25) is 0 Å². The number of likely N-dealkylation sites (tertiary alicyclic amines) is 1. The Balaban J connectivity index is 0.00000106. The molecule has 1 amide bonds. The summed E-state index contributed by atoms with van der Waals surface area (Å²) in [5.41, 5.74) is 0.941. The third kappa shape index (κ3) is 5.19. The number of benzene rings is 1. The van der Waals surface area contributed by atoms with Crippen LogP contribution in [0.25, 0.3) is 0 Å². The van der Waals surface area contributed by atoms with Gasteiger partial charge in [0.1, 0.15) is 6.61 Å². The number of nitrogens with zero attached hydrogens (tertiary/aromatic N) is 1. The van der Waals surface area contributed by atoms with Gasteiger partial charge in [-0.2, -0.15) is 0 Å². The molecule has 112 valence electrons.